The molecule has 0 spiro atoms. The zero-order valence-electron chi connectivity index (χ0n) is 66.1. The molecule has 546 valence electrons. The topological polar surface area (TPSA) is 6.48 Å². The van der Waals surface area contributed by atoms with Crippen molar-refractivity contribution in [1.29, 1.82) is 0 Å². The minimum atomic E-state index is -0.494. The van der Waals surface area contributed by atoms with Crippen molar-refractivity contribution in [2.24, 2.45) is 0 Å². The molecule has 0 N–H and O–H groups in total. The van der Waals surface area contributed by atoms with Gasteiger partial charge in [-0.25, -0.2) is 0 Å². The standard InChI is InChI=1S/C109H100N2/c1-11-14-17-18-19-64-108(86-44-28-73(4)29-45-86)103-67-76(7)30-58-97(103)98-62-41-83(71-104(98)108)81-38-52-92(53-39-81)111(94-56-54-93(55-57-94)110(89-46-32-78(33-47-89)24-15-12-2)90-48-34-79(35-49-90)25-16-13-3)91-50-36-80(37-51-91)82-40-60-95-96-61-42-84(70-102(96)107(9,10)101(95)69-82)85-43-63-100-99-59-31-77(8)68-105(99)109(106(100)72-85,87-26-20-22-74(5)65-87)88-27-21-23-75(6)66-88/h11,14,17,20-23,26-63,65-72H,1,12-13,15-16,18-19,24-25,64H2,2-10H3/b17-14-. The van der Waals surface area contributed by atoms with Gasteiger partial charge in [0.25, 0.3) is 0 Å². The summed E-state index contributed by atoms with van der Waals surface area (Å²) in [6, 6.07) is 117. The van der Waals surface area contributed by atoms with Crippen LogP contribution in [0.1, 0.15) is 162 Å². The smallest absolute Gasteiger partial charge is 0.0714 e. The molecule has 0 fully saturated rings. The predicted octanol–water partition coefficient (Wildman–Crippen LogP) is 29.8. The third-order valence-electron chi connectivity index (χ3n) is 24.7. The lowest BCUT2D eigenvalue weighted by molar-refractivity contribution is 0.547. The van der Waals surface area contributed by atoms with Gasteiger partial charge in [0.15, 0.2) is 0 Å². The number of anilines is 6. The third-order valence-corrected chi connectivity index (χ3v) is 24.7. The van der Waals surface area contributed by atoms with E-state index in [0.717, 1.165) is 66.2 Å². The van der Waals surface area contributed by atoms with Crippen LogP contribution in [0.2, 0.25) is 0 Å². The van der Waals surface area contributed by atoms with Gasteiger partial charge in [-0.2, -0.15) is 0 Å². The highest BCUT2D eigenvalue weighted by atomic mass is 15.2. The Morgan fingerprint density at radius 3 is 1.07 bits per heavy atom. The quantitative estimate of drug-likeness (QED) is 0.0465. The third kappa shape index (κ3) is 13.0. The van der Waals surface area contributed by atoms with E-state index in [1.807, 2.05) is 6.08 Å². The molecule has 111 heavy (non-hydrogen) atoms. The molecule has 1 atom stereocenters. The Balaban J connectivity index is 0.724. The molecule has 14 aromatic rings. The molecule has 0 aliphatic heterocycles. The van der Waals surface area contributed by atoms with Crippen molar-refractivity contribution in [1.82, 2.24) is 0 Å². The summed E-state index contributed by atoms with van der Waals surface area (Å²) >= 11 is 0. The molecule has 3 aliphatic rings. The van der Waals surface area contributed by atoms with Gasteiger partial charge in [0.05, 0.1) is 5.41 Å². The second-order valence-electron chi connectivity index (χ2n) is 32.4. The molecule has 3 aliphatic carbocycles. The summed E-state index contributed by atoms with van der Waals surface area (Å²) in [6.45, 7) is 24.5. The molecule has 0 aromatic heterocycles. The van der Waals surface area contributed by atoms with Crippen molar-refractivity contribution in [3.05, 3.63) is 417 Å². The van der Waals surface area contributed by atoms with Crippen molar-refractivity contribution in [2.75, 3.05) is 9.80 Å². The number of nitrogens with zero attached hydrogens (tertiary/aromatic N) is 2. The van der Waals surface area contributed by atoms with Crippen LogP contribution in [0.15, 0.2) is 328 Å². The van der Waals surface area contributed by atoms with Gasteiger partial charge >= 0.3 is 0 Å². The Morgan fingerprint density at radius 2 is 0.640 bits per heavy atom. The molecule has 0 radical (unpaired) electrons. The number of hydrogen-bond donors (Lipinski definition) is 0. The van der Waals surface area contributed by atoms with Crippen molar-refractivity contribution < 1.29 is 0 Å². The summed E-state index contributed by atoms with van der Waals surface area (Å²) in [4.78, 5) is 4.85. The highest BCUT2D eigenvalue weighted by molar-refractivity contribution is 5.92. The van der Waals surface area contributed by atoms with Crippen LogP contribution in [0.3, 0.4) is 0 Å². The van der Waals surface area contributed by atoms with Gasteiger partial charge in [-0.1, -0.05) is 299 Å². The Labute approximate surface area is 659 Å². The van der Waals surface area contributed by atoms with Crippen LogP contribution in [0.4, 0.5) is 34.1 Å². The van der Waals surface area contributed by atoms with Crippen LogP contribution in [-0.2, 0) is 29.1 Å². The Morgan fingerprint density at radius 1 is 0.306 bits per heavy atom. The zero-order chi connectivity index (χ0) is 76.1. The number of fused-ring (bicyclic) bond motifs is 9. The molecule has 0 amide bonds. The van der Waals surface area contributed by atoms with Crippen molar-refractivity contribution >= 4 is 34.1 Å². The van der Waals surface area contributed by atoms with Gasteiger partial charge in [0.1, 0.15) is 0 Å². The molecule has 0 bridgehead atoms. The molecule has 2 nitrogen and oxygen atoms in total. The van der Waals surface area contributed by atoms with E-state index >= 15 is 0 Å². The van der Waals surface area contributed by atoms with E-state index in [1.165, 1.54) is 181 Å². The maximum absolute atomic E-state index is 3.97. The monoisotopic (exact) mass is 1440 g/mol. The van der Waals surface area contributed by atoms with E-state index in [-0.39, 0.29) is 10.8 Å². The molecule has 0 saturated heterocycles. The summed E-state index contributed by atoms with van der Waals surface area (Å²) < 4.78 is 0. The van der Waals surface area contributed by atoms with Crippen molar-refractivity contribution in [3.63, 3.8) is 0 Å². The second kappa shape index (κ2) is 29.9. The average Bonchev–Trinajstić information content (AvgIpc) is 1.55. The Hall–Kier alpha value is -11.8. The SMILES string of the molecule is C=C/C=C\CCCC1(c2ccc(C)cc2)c2cc(C)ccc2-c2ccc(-c3ccc(N(c4ccc(-c5ccc6c(c5)C(C)(C)c5cc(-c7ccc8c(c7)C(c7cccc(C)c7)(c7cccc(C)c7)c7cc(C)ccc7-8)ccc5-6)cc4)c4ccc(N(c5ccc(CCCC)cc5)c5ccc(CCCC)cc5)cc4)cc3)cc21. The van der Waals surface area contributed by atoms with Crippen LogP contribution in [0.5, 0.6) is 0 Å². The molecule has 0 heterocycles. The largest absolute Gasteiger partial charge is 0.311 e. The molecule has 14 aromatic carbocycles. The van der Waals surface area contributed by atoms with E-state index in [4.69, 9.17) is 0 Å². The van der Waals surface area contributed by atoms with Crippen LogP contribution < -0.4 is 9.80 Å². The van der Waals surface area contributed by atoms with E-state index in [1.54, 1.807) is 0 Å². The first kappa shape index (κ1) is 72.0. The Bertz CT molecular complexity index is 5750. The highest BCUT2D eigenvalue weighted by Gasteiger charge is 2.48. The maximum atomic E-state index is 3.97. The van der Waals surface area contributed by atoms with Gasteiger partial charge in [-0.3, -0.25) is 0 Å². The number of unbranched alkanes of at least 4 members (excludes halogenated alkanes) is 3. The number of hydrogen-bond acceptors (Lipinski definition) is 2. The van der Waals surface area contributed by atoms with Crippen LogP contribution in [-0.4, -0.2) is 0 Å². The lowest BCUT2D eigenvalue weighted by Gasteiger charge is -2.35. The normalized spacial score (nSPS) is 14.5. The number of rotatable bonds is 23. The van der Waals surface area contributed by atoms with Crippen LogP contribution >= 0.6 is 0 Å². The summed E-state index contributed by atoms with van der Waals surface area (Å²) in [7, 11) is 0. The highest BCUT2D eigenvalue weighted by Crippen LogP contribution is 2.60. The van der Waals surface area contributed by atoms with Crippen molar-refractivity contribution in [2.45, 2.75) is 136 Å². The predicted molar refractivity (Wildman–Crippen MR) is 473 cm³/mol. The van der Waals surface area contributed by atoms with Crippen molar-refractivity contribution in [3.8, 4) is 66.8 Å². The first-order valence-electron chi connectivity index (χ1n) is 40.5. The first-order chi connectivity index (χ1) is 54.1. The molecule has 1 unspecified atom stereocenters. The van der Waals surface area contributed by atoms with Gasteiger partial charge in [-0.05, 0) is 305 Å². The molecule has 0 saturated carbocycles. The van der Waals surface area contributed by atoms with E-state index in [9.17, 15) is 0 Å². The van der Waals surface area contributed by atoms with Gasteiger partial charge < -0.3 is 9.80 Å². The van der Waals surface area contributed by atoms with Crippen LogP contribution in [0, 0.1) is 34.6 Å². The molecular formula is C109H100N2. The first-order valence-corrected chi connectivity index (χ1v) is 40.5. The summed E-state index contributed by atoms with van der Waals surface area (Å²) in [6.07, 6.45) is 16.2. The summed E-state index contributed by atoms with van der Waals surface area (Å²) in [5.74, 6) is 0. The number of aryl methyl sites for hydroxylation is 7. The average molecular weight is 1440 g/mol. The molecular weight excluding hydrogens is 1340 g/mol. The lowest BCUT2D eigenvalue weighted by Crippen LogP contribution is -2.29. The summed E-state index contributed by atoms with van der Waals surface area (Å²) in [5.41, 5.74) is 42.0. The van der Waals surface area contributed by atoms with E-state index < -0.39 is 5.41 Å². The van der Waals surface area contributed by atoms with Gasteiger partial charge in [0.2, 0.25) is 0 Å². The fourth-order valence-corrected chi connectivity index (χ4v) is 18.8. The fourth-order valence-electron chi connectivity index (χ4n) is 18.8. The van der Waals surface area contributed by atoms with Gasteiger partial charge in [0, 0.05) is 45.0 Å². The van der Waals surface area contributed by atoms with Gasteiger partial charge in [-0.15, -0.1) is 0 Å². The summed E-state index contributed by atoms with van der Waals surface area (Å²) in [5, 5.41) is 0. The minimum Gasteiger partial charge on any atom is -0.311 e. The second-order valence-corrected chi connectivity index (χ2v) is 32.4. The zero-order valence-corrected chi connectivity index (χ0v) is 66.1. The van der Waals surface area contributed by atoms with E-state index in [2.05, 4.69) is 394 Å². The van der Waals surface area contributed by atoms with Crippen LogP contribution in [0.25, 0.3) is 66.8 Å². The fraction of sp³-hybridized carbons (Fsp3) is 0.193. The lowest BCUT2D eigenvalue weighted by atomic mass is 9.67. The van der Waals surface area contributed by atoms with E-state index in [0.29, 0.717) is 0 Å². The molecule has 2 heteroatoms. The maximum Gasteiger partial charge on any atom is 0.0714 e. The molecule has 17 rings (SSSR count). The minimum absolute atomic E-state index is 0.258. The number of benzene rings is 14. The number of allylic oxidation sites excluding steroid dienone is 3. The Kier molecular flexibility index (Phi) is 19.4.